The van der Waals surface area contributed by atoms with Gasteiger partial charge in [-0.05, 0) is 26.2 Å². The summed E-state index contributed by atoms with van der Waals surface area (Å²) >= 11 is 0. The van der Waals surface area contributed by atoms with Crippen molar-refractivity contribution in [2.75, 3.05) is 78.9 Å². The standard InChI is InChI=1S/C17H38N2O4/c1-5-18(6-2)9-11-22-15-17(13-20,14-21)16-23-12-10-19(7-3)8-4/h20-21H,5-16H2,1-4H3. The Morgan fingerprint density at radius 3 is 1.30 bits per heavy atom. The molecule has 0 spiro atoms. The number of aliphatic hydroxyl groups excluding tert-OH is 2. The minimum absolute atomic E-state index is 0.139. The molecule has 0 aliphatic carbocycles. The van der Waals surface area contributed by atoms with Gasteiger partial charge in [0.2, 0.25) is 0 Å². The zero-order valence-electron chi connectivity index (χ0n) is 15.6. The van der Waals surface area contributed by atoms with Gasteiger partial charge < -0.3 is 29.5 Å². The highest BCUT2D eigenvalue weighted by Gasteiger charge is 2.30. The number of likely N-dealkylation sites (N-methyl/N-ethyl adjacent to an activating group) is 2. The normalized spacial score (nSPS) is 12.5. The first kappa shape index (κ1) is 22.8. The molecule has 140 valence electrons. The van der Waals surface area contributed by atoms with Crippen LogP contribution in [0.15, 0.2) is 0 Å². The van der Waals surface area contributed by atoms with Crippen LogP contribution in [0.2, 0.25) is 0 Å². The SMILES string of the molecule is CCN(CC)CCOCC(CO)(CO)COCCN(CC)CC. The third-order valence-corrected chi connectivity index (χ3v) is 4.38. The molecule has 0 amide bonds. The number of rotatable bonds is 16. The van der Waals surface area contributed by atoms with Crippen LogP contribution in [-0.2, 0) is 9.47 Å². The van der Waals surface area contributed by atoms with E-state index in [0.717, 1.165) is 39.3 Å². The van der Waals surface area contributed by atoms with Crippen molar-refractivity contribution < 1.29 is 19.7 Å². The Morgan fingerprint density at radius 1 is 0.696 bits per heavy atom. The van der Waals surface area contributed by atoms with Crippen LogP contribution in [0, 0.1) is 5.41 Å². The first-order chi connectivity index (χ1) is 11.1. The van der Waals surface area contributed by atoms with Gasteiger partial charge >= 0.3 is 0 Å². The van der Waals surface area contributed by atoms with Crippen LogP contribution < -0.4 is 0 Å². The number of hydrogen-bond acceptors (Lipinski definition) is 6. The van der Waals surface area contributed by atoms with Gasteiger partial charge in [0.05, 0.1) is 45.1 Å². The van der Waals surface area contributed by atoms with E-state index in [2.05, 4.69) is 37.5 Å². The summed E-state index contributed by atoms with van der Waals surface area (Å²) in [6.07, 6.45) is 0. The van der Waals surface area contributed by atoms with E-state index in [0.29, 0.717) is 26.4 Å². The number of nitrogens with zero attached hydrogens (tertiary/aromatic N) is 2. The molecule has 0 aliphatic heterocycles. The summed E-state index contributed by atoms with van der Waals surface area (Å²) in [5.41, 5.74) is -0.716. The van der Waals surface area contributed by atoms with Gasteiger partial charge in [-0.1, -0.05) is 27.7 Å². The minimum Gasteiger partial charge on any atom is -0.396 e. The highest BCUT2D eigenvalue weighted by atomic mass is 16.5. The third-order valence-electron chi connectivity index (χ3n) is 4.38. The first-order valence-electron chi connectivity index (χ1n) is 8.93. The molecule has 23 heavy (non-hydrogen) atoms. The lowest BCUT2D eigenvalue weighted by Gasteiger charge is -2.30. The fraction of sp³-hybridized carbons (Fsp3) is 1.00. The van der Waals surface area contributed by atoms with Crippen molar-refractivity contribution in [2.45, 2.75) is 27.7 Å². The Morgan fingerprint density at radius 2 is 1.04 bits per heavy atom. The molecule has 2 N–H and O–H groups in total. The topological polar surface area (TPSA) is 65.4 Å². The molecule has 0 rings (SSSR count). The molecule has 0 aromatic rings. The van der Waals surface area contributed by atoms with Gasteiger partial charge in [-0.3, -0.25) is 0 Å². The monoisotopic (exact) mass is 334 g/mol. The number of hydrogen-bond donors (Lipinski definition) is 2. The van der Waals surface area contributed by atoms with Crippen molar-refractivity contribution >= 4 is 0 Å². The lowest BCUT2D eigenvalue weighted by atomic mass is 9.92. The fourth-order valence-electron chi connectivity index (χ4n) is 2.32. The van der Waals surface area contributed by atoms with Crippen LogP contribution in [0.5, 0.6) is 0 Å². The van der Waals surface area contributed by atoms with E-state index in [1.54, 1.807) is 0 Å². The fourth-order valence-corrected chi connectivity index (χ4v) is 2.32. The molecule has 0 aromatic carbocycles. The van der Waals surface area contributed by atoms with Gasteiger partial charge in [0.25, 0.3) is 0 Å². The van der Waals surface area contributed by atoms with Gasteiger partial charge in [-0.2, -0.15) is 0 Å². The molecule has 6 nitrogen and oxygen atoms in total. The van der Waals surface area contributed by atoms with Gasteiger partial charge in [-0.15, -0.1) is 0 Å². The van der Waals surface area contributed by atoms with Crippen LogP contribution in [0.4, 0.5) is 0 Å². The molecular weight excluding hydrogens is 296 g/mol. The second-order valence-electron chi connectivity index (χ2n) is 5.98. The Kier molecular flexibility index (Phi) is 14.0. The Hall–Kier alpha value is -0.240. The first-order valence-corrected chi connectivity index (χ1v) is 8.93. The Bertz CT molecular complexity index is 233. The summed E-state index contributed by atoms with van der Waals surface area (Å²) in [6, 6.07) is 0. The predicted molar refractivity (Wildman–Crippen MR) is 93.8 cm³/mol. The lowest BCUT2D eigenvalue weighted by molar-refractivity contribution is -0.0802. The summed E-state index contributed by atoms with van der Waals surface area (Å²) in [5, 5.41) is 19.3. The van der Waals surface area contributed by atoms with E-state index >= 15 is 0 Å². The number of aliphatic hydroxyl groups is 2. The summed E-state index contributed by atoms with van der Waals surface area (Å²) in [5.74, 6) is 0. The van der Waals surface area contributed by atoms with Crippen LogP contribution in [0.3, 0.4) is 0 Å². The van der Waals surface area contributed by atoms with Gasteiger partial charge in [-0.25, -0.2) is 0 Å². The predicted octanol–water partition coefficient (Wildman–Crippen LogP) is 0.674. The molecule has 6 heteroatoms. The largest absolute Gasteiger partial charge is 0.396 e. The Labute approximate surface area is 142 Å². The molecule has 0 bridgehead atoms. The van der Waals surface area contributed by atoms with Crippen molar-refractivity contribution in [3.8, 4) is 0 Å². The summed E-state index contributed by atoms with van der Waals surface area (Å²) in [4.78, 5) is 4.56. The zero-order chi connectivity index (χ0) is 17.6. The van der Waals surface area contributed by atoms with E-state index in [1.807, 2.05) is 0 Å². The van der Waals surface area contributed by atoms with Crippen molar-refractivity contribution in [1.29, 1.82) is 0 Å². The molecule has 0 fully saturated rings. The van der Waals surface area contributed by atoms with Crippen molar-refractivity contribution in [2.24, 2.45) is 5.41 Å². The number of ether oxygens (including phenoxy) is 2. The van der Waals surface area contributed by atoms with Crippen LogP contribution in [0.25, 0.3) is 0 Å². The summed E-state index contributed by atoms with van der Waals surface area (Å²) in [6.45, 7) is 15.8. The van der Waals surface area contributed by atoms with Crippen molar-refractivity contribution in [3.05, 3.63) is 0 Å². The second kappa shape index (κ2) is 14.1. The maximum atomic E-state index is 9.64. The molecule has 0 atom stereocenters. The highest BCUT2D eigenvalue weighted by molar-refractivity contribution is 4.77. The zero-order valence-corrected chi connectivity index (χ0v) is 15.6. The van der Waals surface area contributed by atoms with E-state index in [9.17, 15) is 10.2 Å². The van der Waals surface area contributed by atoms with E-state index in [4.69, 9.17) is 9.47 Å². The van der Waals surface area contributed by atoms with Gasteiger partial charge in [0.15, 0.2) is 0 Å². The molecule has 0 heterocycles. The lowest BCUT2D eigenvalue weighted by Crippen LogP contribution is -2.41. The quantitative estimate of drug-likeness (QED) is 0.405. The maximum absolute atomic E-state index is 9.64. The van der Waals surface area contributed by atoms with E-state index in [-0.39, 0.29) is 13.2 Å². The average Bonchev–Trinajstić information content (AvgIpc) is 2.60. The van der Waals surface area contributed by atoms with Crippen molar-refractivity contribution in [3.63, 3.8) is 0 Å². The van der Waals surface area contributed by atoms with Crippen LogP contribution in [0.1, 0.15) is 27.7 Å². The van der Waals surface area contributed by atoms with Crippen LogP contribution in [-0.4, -0.2) is 98.9 Å². The molecule has 0 saturated carbocycles. The maximum Gasteiger partial charge on any atom is 0.0632 e. The third kappa shape index (κ3) is 9.59. The smallest absolute Gasteiger partial charge is 0.0632 e. The van der Waals surface area contributed by atoms with E-state index in [1.165, 1.54) is 0 Å². The van der Waals surface area contributed by atoms with Crippen LogP contribution >= 0.6 is 0 Å². The van der Waals surface area contributed by atoms with E-state index < -0.39 is 5.41 Å². The van der Waals surface area contributed by atoms with Gasteiger partial charge in [0.1, 0.15) is 0 Å². The molecule has 0 unspecified atom stereocenters. The average molecular weight is 335 g/mol. The second-order valence-corrected chi connectivity index (χ2v) is 5.98. The van der Waals surface area contributed by atoms with Gasteiger partial charge in [0, 0.05) is 13.1 Å². The van der Waals surface area contributed by atoms with Crippen molar-refractivity contribution in [1.82, 2.24) is 9.80 Å². The molecule has 0 radical (unpaired) electrons. The molecule has 0 aliphatic rings. The highest BCUT2D eigenvalue weighted by Crippen LogP contribution is 2.17. The summed E-state index contributed by atoms with van der Waals surface area (Å²) < 4.78 is 11.4. The summed E-state index contributed by atoms with van der Waals surface area (Å²) in [7, 11) is 0. The Balaban J connectivity index is 4.09. The molecule has 0 aromatic heterocycles. The molecule has 0 saturated heterocycles. The molecular formula is C17H38N2O4. The minimum atomic E-state index is -0.716.